The Morgan fingerprint density at radius 3 is 2.07 bits per heavy atom. The summed E-state index contributed by atoms with van der Waals surface area (Å²) in [5.41, 5.74) is -4.76. The number of aliphatic hydroxyl groups excluding tert-OH is 2. The lowest BCUT2D eigenvalue weighted by molar-refractivity contribution is -0.319. The smallest absolute Gasteiger partial charge is 0.329 e. The number of rotatable bonds is 18. The number of aliphatic hydroxyl groups is 4. The van der Waals surface area contributed by atoms with E-state index < -0.39 is 144 Å². The molecule has 3 fully saturated rings. The number of carboxylic acids is 1. The molecule has 7 N–H and O–H groups in total. The Labute approximate surface area is 434 Å². The number of ether oxygens (including phenoxy) is 7. The number of esters is 2. The predicted octanol–water partition coefficient (Wildman–Crippen LogP) is 2.32. The molecule has 72 heavy (non-hydrogen) atoms. The van der Waals surface area contributed by atoms with E-state index in [0.29, 0.717) is 13.0 Å². The molecule has 0 aliphatic carbocycles. The molecule has 3 aliphatic heterocycles. The van der Waals surface area contributed by atoms with E-state index in [9.17, 15) is 49.5 Å². The van der Waals surface area contributed by atoms with Crippen molar-refractivity contribution < 1.29 is 82.7 Å². The van der Waals surface area contributed by atoms with Crippen LogP contribution < -0.4 is 10.6 Å². The molecule has 0 aromatic rings. The van der Waals surface area contributed by atoms with Crippen LogP contribution in [0, 0.1) is 17.8 Å². The number of nitrogens with one attached hydrogen (secondary N) is 2. The number of cyclic esters (lactones) is 1. The number of aliphatic carboxylic acids is 1. The fourth-order valence-corrected chi connectivity index (χ4v) is 12.6. The van der Waals surface area contributed by atoms with Gasteiger partial charge in [-0.25, -0.2) is 9.59 Å². The first kappa shape index (κ1) is 63.9. The predicted molar refractivity (Wildman–Crippen MR) is 270 cm³/mol. The first-order chi connectivity index (χ1) is 33.3. The van der Waals surface area contributed by atoms with Gasteiger partial charge >= 0.3 is 17.9 Å². The Hall–Kier alpha value is -2.39. The maximum Gasteiger partial charge on any atom is 0.329 e. The number of hydrogen-bond donors (Lipinski definition) is 7. The van der Waals surface area contributed by atoms with Gasteiger partial charge in [0.05, 0.1) is 47.6 Å². The van der Waals surface area contributed by atoms with Crippen LogP contribution in [0.1, 0.15) is 115 Å². The fourth-order valence-electron chi connectivity index (χ4n) is 10.3. The average molecular weight is 1070 g/mol. The minimum atomic E-state index is -1.89. The van der Waals surface area contributed by atoms with Crippen molar-refractivity contribution in [1.29, 1.82) is 0 Å². The van der Waals surface area contributed by atoms with Crippen LogP contribution >= 0.6 is 21.6 Å². The van der Waals surface area contributed by atoms with E-state index in [1.165, 1.54) is 49.5 Å². The molecule has 3 saturated heterocycles. The molecule has 23 heteroatoms. The van der Waals surface area contributed by atoms with Crippen molar-refractivity contribution in [2.24, 2.45) is 17.8 Å². The molecule has 2 amide bonds. The summed E-state index contributed by atoms with van der Waals surface area (Å²) in [5, 5.41) is 62.3. The van der Waals surface area contributed by atoms with Gasteiger partial charge in [0.2, 0.25) is 11.8 Å². The third-order valence-electron chi connectivity index (χ3n) is 14.6. The second kappa shape index (κ2) is 27.6. The Bertz CT molecular complexity index is 1780. The standard InChI is InChI=1S/C49H88N4O17S2/c1-17-36-49(12,63)40(56)29(6)53(15)23-25(2)21-47(10,62)42(27(4)38(28(5)44(60)67-36)68-37-22-48(11,64-16)41(57)30(7)66-37)70-46-39(35(52(13)14)20-26(3)65-46)69-45(61)33(50-31(8)54)18-19-71-72-24-34(43(58)59)51-32(9)55/h25-30,33-42,46,56-57,62-63H,17-24H2,1-16H3,(H,50,54)(H,51,55)(H,58,59)/t25-,26-,27+,28-,29-,30+,33+,34+,35+,36-,37+,38+,39-,40-,41+,42-,46+,47-,48-,49-/m1/s1. The van der Waals surface area contributed by atoms with Crippen LogP contribution in [0.15, 0.2) is 0 Å². The lowest BCUT2D eigenvalue weighted by Crippen LogP contribution is -2.61. The lowest BCUT2D eigenvalue weighted by Gasteiger charge is -2.49. The molecule has 0 aromatic carbocycles. The topological polar surface area (TPSA) is 282 Å². The van der Waals surface area contributed by atoms with Crippen molar-refractivity contribution >= 4 is 51.3 Å². The van der Waals surface area contributed by atoms with Crippen LogP contribution in [0.4, 0.5) is 0 Å². The Morgan fingerprint density at radius 1 is 0.903 bits per heavy atom. The maximum atomic E-state index is 14.6. The summed E-state index contributed by atoms with van der Waals surface area (Å²) in [6, 6.07) is -3.40. The SMILES string of the molecule is CC[C@H]1OC(=O)[C@H](C)[C@@H](O[C@H]2C[C@@](C)(OC)[C@@H](O)[C@H](C)O2)[C@H](C)[C@@H](O[C@@H]2O[C@H](C)C[C@H](N(C)C)[C@H]2OC(=O)[C@H](CCSSC[C@H](NC(C)=O)C(=O)O)NC(C)=O)[C@](C)(O)C[C@@H](C)CN(C)[C@H](C)[C@@H](O)[C@]1(C)O. The van der Waals surface area contributed by atoms with Crippen LogP contribution in [-0.2, 0) is 57.1 Å². The molecule has 418 valence electrons. The number of carbonyl (C=O) groups excluding carboxylic acids is 4. The van der Waals surface area contributed by atoms with Crippen LogP contribution in [0.2, 0.25) is 0 Å². The Balaban J connectivity index is 2.16. The summed E-state index contributed by atoms with van der Waals surface area (Å²) in [4.78, 5) is 68.4. The number of likely N-dealkylation sites (N-methyl/N-ethyl adjacent to an activating group) is 2. The molecular weight excluding hydrogens is 981 g/mol. The molecule has 21 nitrogen and oxygen atoms in total. The molecule has 0 spiro atoms. The van der Waals surface area contributed by atoms with E-state index in [1.807, 2.05) is 37.7 Å². The molecule has 0 aromatic heterocycles. The molecule has 20 atom stereocenters. The van der Waals surface area contributed by atoms with Gasteiger partial charge in [-0.1, -0.05) is 42.4 Å². The van der Waals surface area contributed by atoms with E-state index >= 15 is 0 Å². The summed E-state index contributed by atoms with van der Waals surface area (Å²) >= 11 is 0. The first-order valence-corrected chi connectivity index (χ1v) is 27.6. The van der Waals surface area contributed by atoms with Gasteiger partial charge in [-0.3, -0.25) is 14.4 Å². The summed E-state index contributed by atoms with van der Waals surface area (Å²) in [6.45, 7) is 19.9. The lowest BCUT2D eigenvalue weighted by atomic mass is 9.77. The molecule has 3 aliphatic rings. The minimum absolute atomic E-state index is 0.0417. The van der Waals surface area contributed by atoms with Gasteiger partial charge in [0.25, 0.3) is 0 Å². The van der Waals surface area contributed by atoms with Crippen LogP contribution in [0.25, 0.3) is 0 Å². The highest BCUT2D eigenvalue weighted by Gasteiger charge is 2.53. The van der Waals surface area contributed by atoms with E-state index in [1.54, 1.807) is 55.5 Å². The van der Waals surface area contributed by atoms with Gasteiger partial charge in [0.1, 0.15) is 36.0 Å². The van der Waals surface area contributed by atoms with Crippen LogP contribution in [0.5, 0.6) is 0 Å². The van der Waals surface area contributed by atoms with E-state index in [-0.39, 0.29) is 43.1 Å². The van der Waals surface area contributed by atoms with E-state index in [0.717, 1.165) is 0 Å². The number of carboxylic acid groups (broad SMARTS) is 1. The van der Waals surface area contributed by atoms with Gasteiger partial charge in [0.15, 0.2) is 18.7 Å². The largest absolute Gasteiger partial charge is 0.480 e. The fraction of sp³-hybridized carbons (Fsp3) is 0.898. The number of nitrogens with zero attached hydrogens (tertiary/aromatic N) is 2. The van der Waals surface area contributed by atoms with E-state index in [4.69, 9.17) is 33.2 Å². The molecule has 0 bridgehead atoms. The van der Waals surface area contributed by atoms with E-state index in [2.05, 4.69) is 10.6 Å². The maximum absolute atomic E-state index is 14.6. The summed E-state index contributed by atoms with van der Waals surface area (Å²) < 4.78 is 44.9. The zero-order chi connectivity index (χ0) is 54.8. The first-order valence-electron chi connectivity index (χ1n) is 25.1. The van der Waals surface area contributed by atoms with Crippen molar-refractivity contribution in [1.82, 2.24) is 20.4 Å². The van der Waals surface area contributed by atoms with Crippen LogP contribution in [-0.4, -0.2) is 214 Å². The minimum Gasteiger partial charge on any atom is -0.480 e. The summed E-state index contributed by atoms with van der Waals surface area (Å²) in [5.74, 6) is -5.75. The van der Waals surface area contributed by atoms with Gasteiger partial charge in [0, 0.05) is 57.4 Å². The zero-order valence-corrected chi connectivity index (χ0v) is 47.0. The van der Waals surface area contributed by atoms with Crippen molar-refractivity contribution in [2.45, 2.75) is 218 Å². The molecular formula is C49H88N4O17S2. The zero-order valence-electron chi connectivity index (χ0n) is 45.3. The third kappa shape index (κ3) is 17.1. The van der Waals surface area contributed by atoms with Gasteiger partial charge < -0.3 is 79.1 Å². The molecule has 0 saturated carbocycles. The quantitative estimate of drug-likeness (QED) is 0.0589. The van der Waals surface area contributed by atoms with Gasteiger partial charge in [-0.05, 0) is 101 Å². The second-order valence-corrected chi connectivity index (χ2v) is 23.9. The number of carbonyl (C=O) groups is 5. The number of amides is 2. The normalized spacial score (nSPS) is 39.7. The summed E-state index contributed by atoms with van der Waals surface area (Å²) in [7, 11) is 9.35. The third-order valence-corrected chi connectivity index (χ3v) is 17.0. The highest BCUT2D eigenvalue weighted by Crippen LogP contribution is 2.41. The molecule has 0 radical (unpaired) electrons. The average Bonchev–Trinajstić information content (AvgIpc) is 3.28. The van der Waals surface area contributed by atoms with Crippen molar-refractivity contribution in [3.05, 3.63) is 0 Å². The van der Waals surface area contributed by atoms with Gasteiger partial charge in [-0.15, -0.1) is 0 Å². The second-order valence-electron chi connectivity index (χ2n) is 21.3. The Morgan fingerprint density at radius 2 is 1.51 bits per heavy atom. The highest BCUT2D eigenvalue weighted by molar-refractivity contribution is 8.76. The highest BCUT2D eigenvalue weighted by atomic mass is 33.1. The molecule has 3 rings (SSSR count). The van der Waals surface area contributed by atoms with Crippen molar-refractivity contribution in [3.63, 3.8) is 0 Å². The molecule has 0 unspecified atom stereocenters. The van der Waals surface area contributed by atoms with Gasteiger partial charge in [-0.2, -0.15) is 0 Å². The van der Waals surface area contributed by atoms with Crippen LogP contribution in [0.3, 0.4) is 0 Å². The molecule has 3 heterocycles. The Kier molecular flexibility index (Phi) is 24.5. The van der Waals surface area contributed by atoms with Crippen molar-refractivity contribution in [3.8, 4) is 0 Å². The van der Waals surface area contributed by atoms with Crippen molar-refractivity contribution in [2.75, 3.05) is 46.3 Å². The summed E-state index contributed by atoms with van der Waals surface area (Å²) in [6.07, 6.45) is -9.97. The number of hydrogen-bond acceptors (Lipinski definition) is 20. The monoisotopic (exact) mass is 1070 g/mol. The number of methoxy groups -OCH3 is 1.